The molecule has 0 radical (unpaired) electrons. The van der Waals surface area contributed by atoms with E-state index < -0.39 is 17.1 Å². The van der Waals surface area contributed by atoms with Crippen molar-refractivity contribution >= 4 is 5.97 Å². The van der Waals surface area contributed by atoms with Gasteiger partial charge in [-0.05, 0) is 24.3 Å². The zero-order valence-corrected chi connectivity index (χ0v) is 10.3. The van der Waals surface area contributed by atoms with E-state index in [1.165, 1.54) is 24.3 Å². The third-order valence-electron chi connectivity index (χ3n) is 2.50. The molecular weight excluding hydrogens is 267 g/mol. The Morgan fingerprint density at radius 1 is 1.35 bits per heavy atom. The molecule has 6 nitrogen and oxygen atoms in total. The maximum atomic E-state index is 12.7. The van der Waals surface area contributed by atoms with Crippen LogP contribution in [0.25, 0.3) is 0 Å². The van der Waals surface area contributed by atoms with Gasteiger partial charge < -0.3 is 14.8 Å². The van der Waals surface area contributed by atoms with Crippen LogP contribution in [0.3, 0.4) is 0 Å². The SMILES string of the molecule is O=C(O)c1cnc(CCOc2ccc(F)cc2)[nH]c1=O. The fraction of sp³-hybridized carbons (Fsp3) is 0.154. The van der Waals surface area contributed by atoms with Crippen LogP contribution in [0.4, 0.5) is 4.39 Å². The molecule has 0 saturated carbocycles. The van der Waals surface area contributed by atoms with Gasteiger partial charge in [0.1, 0.15) is 23.0 Å². The molecular formula is C13H11FN2O4. The van der Waals surface area contributed by atoms with Crippen LogP contribution in [0.5, 0.6) is 5.75 Å². The van der Waals surface area contributed by atoms with Gasteiger partial charge in [-0.15, -0.1) is 0 Å². The van der Waals surface area contributed by atoms with E-state index >= 15 is 0 Å². The standard InChI is InChI=1S/C13H11FN2O4/c14-8-1-3-9(4-2-8)20-6-5-11-15-7-10(13(18)19)12(17)16-11/h1-4,7H,5-6H2,(H,18,19)(H,15,16,17). The first kappa shape index (κ1) is 13.7. The van der Waals surface area contributed by atoms with Gasteiger partial charge in [-0.2, -0.15) is 0 Å². The summed E-state index contributed by atoms with van der Waals surface area (Å²) < 4.78 is 18.0. The third-order valence-corrected chi connectivity index (χ3v) is 2.50. The van der Waals surface area contributed by atoms with Gasteiger partial charge in [0, 0.05) is 12.6 Å². The summed E-state index contributed by atoms with van der Waals surface area (Å²) in [5.41, 5.74) is -1.11. The van der Waals surface area contributed by atoms with E-state index in [0.717, 1.165) is 6.20 Å². The Bertz CT molecular complexity index is 667. The summed E-state index contributed by atoms with van der Waals surface area (Å²) in [6.07, 6.45) is 1.31. The molecule has 0 unspecified atom stereocenters. The molecule has 20 heavy (non-hydrogen) atoms. The number of carbonyl (C=O) groups is 1. The van der Waals surface area contributed by atoms with Crippen LogP contribution in [0.15, 0.2) is 35.3 Å². The second-order valence-electron chi connectivity index (χ2n) is 3.93. The fourth-order valence-electron chi connectivity index (χ4n) is 1.51. The number of benzene rings is 1. The van der Waals surface area contributed by atoms with Crippen LogP contribution in [-0.2, 0) is 6.42 Å². The molecule has 0 spiro atoms. The van der Waals surface area contributed by atoms with Crippen molar-refractivity contribution in [3.05, 3.63) is 58.0 Å². The van der Waals surface area contributed by atoms with Crippen molar-refractivity contribution < 1.29 is 19.0 Å². The van der Waals surface area contributed by atoms with Gasteiger partial charge in [0.15, 0.2) is 0 Å². The Kier molecular flexibility index (Phi) is 4.09. The lowest BCUT2D eigenvalue weighted by molar-refractivity contribution is 0.0694. The molecule has 0 atom stereocenters. The van der Waals surface area contributed by atoms with Crippen molar-refractivity contribution in [2.24, 2.45) is 0 Å². The summed E-state index contributed by atoms with van der Waals surface area (Å²) in [4.78, 5) is 28.2. The number of ether oxygens (including phenoxy) is 1. The monoisotopic (exact) mass is 278 g/mol. The van der Waals surface area contributed by atoms with E-state index in [2.05, 4.69) is 9.97 Å². The first-order chi connectivity index (χ1) is 9.56. The number of aromatic nitrogens is 2. The number of nitrogens with one attached hydrogen (secondary N) is 1. The maximum Gasteiger partial charge on any atom is 0.342 e. The van der Waals surface area contributed by atoms with Crippen molar-refractivity contribution in [2.75, 3.05) is 6.61 Å². The van der Waals surface area contributed by atoms with Crippen LogP contribution >= 0.6 is 0 Å². The van der Waals surface area contributed by atoms with Crippen molar-refractivity contribution in [2.45, 2.75) is 6.42 Å². The summed E-state index contributed by atoms with van der Waals surface area (Å²) in [6, 6.07) is 5.52. The highest BCUT2D eigenvalue weighted by atomic mass is 19.1. The summed E-state index contributed by atoms with van der Waals surface area (Å²) in [5, 5.41) is 8.69. The number of hydrogen-bond donors (Lipinski definition) is 2. The van der Waals surface area contributed by atoms with Crippen LogP contribution in [-0.4, -0.2) is 27.7 Å². The number of aromatic carboxylic acids is 1. The fourth-order valence-corrected chi connectivity index (χ4v) is 1.51. The van der Waals surface area contributed by atoms with Crippen molar-refractivity contribution in [3.8, 4) is 5.75 Å². The Morgan fingerprint density at radius 2 is 2.05 bits per heavy atom. The Labute approximate surface area is 112 Å². The molecule has 7 heteroatoms. The highest BCUT2D eigenvalue weighted by Gasteiger charge is 2.09. The normalized spacial score (nSPS) is 10.2. The highest BCUT2D eigenvalue weighted by molar-refractivity contribution is 5.86. The van der Waals surface area contributed by atoms with Crippen molar-refractivity contribution in [1.82, 2.24) is 9.97 Å². The summed E-state index contributed by atoms with van der Waals surface area (Å²) in [6.45, 7) is 0.223. The smallest absolute Gasteiger partial charge is 0.342 e. The van der Waals surface area contributed by atoms with Crippen LogP contribution in [0, 0.1) is 5.82 Å². The topological polar surface area (TPSA) is 92.3 Å². The Morgan fingerprint density at radius 3 is 2.65 bits per heavy atom. The molecule has 0 saturated heterocycles. The minimum atomic E-state index is -1.33. The van der Waals surface area contributed by atoms with Gasteiger partial charge in [0.2, 0.25) is 0 Å². The minimum absolute atomic E-state index is 0.223. The highest BCUT2D eigenvalue weighted by Crippen LogP contribution is 2.11. The molecule has 1 heterocycles. The molecule has 1 aromatic heterocycles. The number of rotatable bonds is 5. The number of aromatic amines is 1. The first-order valence-corrected chi connectivity index (χ1v) is 5.76. The summed E-state index contributed by atoms with van der Waals surface area (Å²) in [7, 11) is 0. The van der Waals surface area contributed by atoms with E-state index in [9.17, 15) is 14.0 Å². The predicted octanol–water partition coefficient (Wildman–Crippen LogP) is 1.23. The third kappa shape index (κ3) is 3.41. The molecule has 104 valence electrons. The molecule has 2 aromatic rings. The molecule has 0 fully saturated rings. The number of halogens is 1. The molecule has 2 rings (SSSR count). The largest absolute Gasteiger partial charge is 0.493 e. The number of H-pyrrole nitrogens is 1. The zero-order valence-electron chi connectivity index (χ0n) is 10.3. The molecule has 0 bridgehead atoms. The Balaban J connectivity index is 1.94. The molecule has 0 aliphatic rings. The molecule has 0 aliphatic carbocycles. The zero-order chi connectivity index (χ0) is 14.5. The van der Waals surface area contributed by atoms with Crippen molar-refractivity contribution in [1.29, 1.82) is 0 Å². The predicted molar refractivity (Wildman–Crippen MR) is 67.4 cm³/mol. The average molecular weight is 278 g/mol. The van der Waals surface area contributed by atoms with Crippen LogP contribution in [0.2, 0.25) is 0 Å². The lowest BCUT2D eigenvalue weighted by Crippen LogP contribution is -2.21. The van der Waals surface area contributed by atoms with E-state index in [1.807, 2.05) is 0 Å². The number of carboxylic acid groups (broad SMARTS) is 1. The second-order valence-corrected chi connectivity index (χ2v) is 3.93. The molecule has 0 aliphatic heterocycles. The summed E-state index contributed by atoms with van der Waals surface area (Å²) >= 11 is 0. The van der Waals surface area contributed by atoms with E-state index in [1.54, 1.807) is 0 Å². The van der Waals surface area contributed by atoms with Gasteiger partial charge in [-0.3, -0.25) is 4.79 Å². The lowest BCUT2D eigenvalue weighted by Gasteiger charge is -2.05. The Hall–Kier alpha value is -2.70. The van der Waals surface area contributed by atoms with Gasteiger partial charge in [-0.25, -0.2) is 14.2 Å². The number of carboxylic acids is 1. The van der Waals surface area contributed by atoms with E-state index in [4.69, 9.17) is 9.84 Å². The van der Waals surface area contributed by atoms with E-state index in [-0.39, 0.29) is 12.4 Å². The number of hydrogen-bond acceptors (Lipinski definition) is 4. The first-order valence-electron chi connectivity index (χ1n) is 5.76. The lowest BCUT2D eigenvalue weighted by atomic mass is 10.3. The molecule has 1 aromatic carbocycles. The number of nitrogens with zero attached hydrogens (tertiary/aromatic N) is 1. The van der Waals surface area contributed by atoms with Gasteiger partial charge in [-0.1, -0.05) is 0 Å². The molecule has 2 N–H and O–H groups in total. The maximum absolute atomic E-state index is 12.7. The quantitative estimate of drug-likeness (QED) is 0.858. The second kappa shape index (κ2) is 5.96. The van der Waals surface area contributed by atoms with Gasteiger partial charge in [0.05, 0.1) is 6.61 Å². The van der Waals surface area contributed by atoms with Gasteiger partial charge in [0.25, 0.3) is 5.56 Å². The van der Waals surface area contributed by atoms with Crippen LogP contribution in [0.1, 0.15) is 16.2 Å². The minimum Gasteiger partial charge on any atom is -0.493 e. The summed E-state index contributed by atoms with van der Waals surface area (Å²) in [5.74, 6) is -0.863. The van der Waals surface area contributed by atoms with Gasteiger partial charge >= 0.3 is 5.97 Å². The van der Waals surface area contributed by atoms with Crippen LogP contribution < -0.4 is 10.3 Å². The average Bonchev–Trinajstić information content (AvgIpc) is 2.41. The molecule has 0 amide bonds. The van der Waals surface area contributed by atoms with Crippen molar-refractivity contribution in [3.63, 3.8) is 0 Å². The van der Waals surface area contributed by atoms with E-state index in [0.29, 0.717) is 18.0 Å².